The predicted molar refractivity (Wildman–Crippen MR) is 147 cm³/mol. The molecule has 1 aromatic heterocycles. The maximum Gasteiger partial charge on any atom is 0.255 e. The number of carbonyl (C=O) groups excluding carboxylic acids is 3. The molecule has 39 heavy (non-hydrogen) atoms. The Labute approximate surface area is 232 Å². The van der Waals surface area contributed by atoms with Crippen molar-refractivity contribution in [1.29, 1.82) is 0 Å². The van der Waals surface area contributed by atoms with Crippen LogP contribution in [-0.2, 0) is 21.0 Å². The highest BCUT2D eigenvalue weighted by Crippen LogP contribution is 2.46. The molecule has 1 saturated carbocycles. The largest absolute Gasteiger partial charge is 0.352 e. The number of nitrogens with zero attached hydrogens (tertiary/aromatic N) is 2. The van der Waals surface area contributed by atoms with Gasteiger partial charge in [0.15, 0.2) is 0 Å². The lowest BCUT2D eigenvalue weighted by Crippen LogP contribution is -2.59. The summed E-state index contributed by atoms with van der Waals surface area (Å²) >= 11 is 6.22. The van der Waals surface area contributed by atoms with Gasteiger partial charge in [-0.25, -0.2) is 5.48 Å². The van der Waals surface area contributed by atoms with Crippen LogP contribution in [0.2, 0.25) is 5.02 Å². The number of amides is 3. The van der Waals surface area contributed by atoms with Gasteiger partial charge in [0, 0.05) is 29.7 Å². The summed E-state index contributed by atoms with van der Waals surface area (Å²) < 4.78 is 0. The Morgan fingerprint density at radius 1 is 1.03 bits per heavy atom. The zero-order valence-electron chi connectivity index (χ0n) is 21.7. The molecule has 0 bridgehead atoms. The summed E-state index contributed by atoms with van der Waals surface area (Å²) in [5, 5.41) is 3.62. The lowest BCUT2D eigenvalue weighted by molar-refractivity contribution is -0.138. The van der Waals surface area contributed by atoms with Gasteiger partial charge in [-0.05, 0) is 54.3 Å². The maximum absolute atomic E-state index is 14.2. The van der Waals surface area contributed by atoms with E-state index in [4.69, 9.17) is 16.4 Å². The molecule has 2 aromatic carbocycles. The zero-order valence-corrected chi connectivity index (χ0v) is 22.4. The number of aromatic nitrogens is 1. The van der Waals surface area contributed by atoms with Crippen LogP contribution in [0.15, 0.2) is 72.9 Å². The van der Waals surface area contributed by atoms with Crippen molar-refractivity contribution in [3.63, 3.8) is 0 Å². The Kier molecular flexibility index (Phi) is 8.24. The molecule has 2 N–H and O–H groups in total. The van der Waals surface area contributed by atoms with Crippen molar-refractivity contribution in [3.8, 4) is 0 Å². The molecule has 3 amide bonds. The summed E-state index contributed by atoms with van der Waals surface area (Å²) in [6.45, 7) is 1.59. The lowest BCUT2D eigenvalue weighted by Gasteiger charge is -2.49. The van der Waals surface area contributed by atoms with E-state index in [0.29, 0.717) is 28.3 Å². The summed E-state index contributed by atoms with van der Waals surface area (Å²) in [7, 11) is 0. The highest BCUT2D eigenvalue weighted by Gasteiger charge is 2.48. The fourth-order valence-electron chi connectivity index (χ4n) is 5.82. The molecule has 9 heteroatoms. The van der Waals surface area contributed by atoms with Gasteiger partial charge in [0.2, 0.25) is 5.91 Å². The third-order valence-corrected chi connectivity index (χ3v) is 7.72. The van der Waals surface area contributed by atoms with Gasteiger partial charge in [0.1, 0.15) is 6.61 Å². The third kappa shape index (κ3) is 5.82. The van der Waals surface area contributed by atoms with Gasteiger partial charge in [-0.1, -0.05) is 60.8 Å². The normalized spacial score (nSPS) is 22.6. The Hall–Kier alpha value is -3.75. The molecule has 2 heterocycles. The minimum Gasteiger partial charge on any atom is -0.352 e. The molecule has 8 nitrogen and oxygen atoms in total. The molecule has 202 valence electrons. The van der Waals surface area contributed by atoms with Gasteiger partial charge in [-0.15, -0.1) is 0 Å². The molecule has 3 aromatic rings. The average Bonchev–Trinajstić information content (AvgIpc) is 2.94. The van der Waals surface area contributed by atoms with Crippen molar-refractivity contribution >= 4 is 29.3 Å². The van der Waals surface area contributed by atoms with Crippen molar-refractivity contribution in [2.24, 2.45) is 0 Å². The molecule has 5 rings (SSSR count). The van der Waals surface area contributed by atoms with Gasteiger partial charge in [0.25, 0.3) is 11.8 Å². The number of fused-ring (bicyclic) bond motifs is 1. The van der Waals surface area contributed by atoms with E-state index in [1.54, 1.807) is 30.5 Å². The molecule has 0 spiro atoms. The van der Waals surface area contributed by atoms with Gasteiger partial charge in [0.05, 0.1) is 23.7 Å². The molecule has 4 atom stereocenters. The van der Waals surface area contributed by atoms with E-state index in [2.05, 4.69) is 15.8 Å². The van der Waals surface area contributed by atoms with E-state index in [-0.39, 0.29) is 36.4 Å². The monoisotopic (exact) mass is 546 g/mol. The number of hydrogen-bond donors (Lipinski definition) is 2. The van der Waals surface area contributed by atoms with Crippen molar-refractivity contribution in [3.05, 3.63) is 100 Å². The van der Waals surface area contributed by atoms with E-state index in [9.17, 15) is 14.4 Å². The third-order valence-electron chi connectivity index (χ3n) is 7.46. The fraction of sp³-hybridized carbons (Fsp3) is 0.333. The SMILES string of the molecule is CC(=O)N[C@H]1CCCC[C@@H]1N1C(=O)c2ccccc2[C@@H](C(=O)NOCc2ccccn2)[C@@H]1c1ccc(Cl)cc1. The number of rotatable bonds is 7. The fourth-order valence-corrected chi connectivity index (χ4v) is 5.94. The van der Waals surface area contributed by atoms with Crippen LogP contribution in [0, 0.1) is 0 Å². The quantitative estimate of drug-likeness (QED) is 0.418. The first kappa shape index (κ1) is 26.8. The van der Waals surface area contributed by atoms with Crippen molar-refractivity contribution in [2.45, 2.75) is 63.3 Å². The van der Waals surface area contributed by atoms with Crippen LogP contribution < -0.4 is 10.8 Å². The second-order valence-electron chi connectivity index (χ2n) is 10.0. The Bertz CT molecular complexity index is 1330. The summed E-state index contributed by atoms with van der Waals surface area (Å²) in [4.78, 5) is 51.8. The minimum atomic E-state index is -0.760. The average molecular weight is 547 g/mol. The van der Waals surface area contributed by atoms with E-state index < -0.39 is 12.0 Å². The predicted octanol–water partition coefficient (Wildman–Crippen LogP) is 4.71. The second-order valence-corrected chi connectivity index (χ2v) is 10.4. The lowest BCUT2D eigenvalue weighted by atomic mass is 9.76. The molecule has 2 aliphatic rings. The molecular formula is C30H31ClN4O4. The molecule has 0 unspecified atom stereocenters. The van der Waals surface area contributed by atoms with Crippen LogP contribution in [-0.4, -0.2) is 39.7 Å². The molecular weight excluding hydrogens is 516 g/mol. The first-order valence-corrected chi connectivity index (χ1v) is 13.6. The number of pyridine rings is 1. The highest BCUT2D eigenvalue weighted by atomic mass is 35.5. The van der Waals surface area contributed by atoms with Crippen LogP contribution in [0.4, 0.5) is 0 Å². The number of carbonyl (C=O) groups is 3. The number of hydrogen-bond acceptors (Lipinski definition) is 5. The Balaban J connectivity index is 1.56. The Morgan fingerprint density at radius 2 is 1.77 bits per heavy atom. The molecule has 1 aliphatic heterocycles. The first-order chi connectivity index (χ1) is 18.9. The molecule has 0 saturated heterocycles. The smallest absolute Gasteiger partial charge is 0.255 e. The van der Waals surface area contributed by atoms with Crippen molar-refractivity contribution < 1.29 is 19.2 Å². The van der Waals surface area contributed by atoms with E-state index in [1.165, 1.54) is 6.92 Å². The number of halogens is 1. The van der Waals surface area contributed by atoms with E-state index in [0.717, 1.165) is 24.8 Å². The van der Waals surface area contributed by atoms with Crippen molar-refractivity contribution in [1.82, 2.24) is 20.7 Å². The van der Waals surface area contributed by atoms with Gasteiger partial charge >= 0.3 is 0 Å². The van der Waals surface area contributed by atoms with E-state index in [1.807, 2.05) is 47.4 Å². The maximum atomic E-state index is 14.2. The van der Waals surface area contributed by atoms with Crippen LogP contribution in [0.25, 0.3) is 0 Å². The summed E-state index contributed by atoms with van der Waals surface area (Å²) in [6, 6.07) is 18.8. The van der Waals surface area contributed by atoms with Crippen LogP contribution >= 0.6 is 11.6 Å². The van der Waals surface area contributed by atoms with Gasteiger partial charge < -0.3 is 10.2 Å². The minimum absolute atomic E-state index is 0.0996. The summed E-state index contributed by atoms with van der Waals surface area (Å²) in [5.41, 5.74) is 5.17. The summed E-state index contributed by atoms with van der Waals surface area (Å²) in [5.74, 6) is -1.44. The number of hydroxylamine groups is 1. The Morgan fingerprint density at radius 3 is 2.51 bits per heavy atom. The summed E-state index contributed by atoms with van der Waals surface area (Å²) in [6.07, 6.45) is 5.01. The molecule has 0 radical (unpaired) electrons. The first-order valence-electron chi connectivity index (χ1n) is 13.2. The second kappa shape index (κ2) is 12.0. The van der Waals surface area contributed by atoms with Crippen LogP contribution in [0.1, 0.15) is 71.7 Å². The number of nitrogens with one attached hydrogen (secondary N) is 2. The van der Waals surface area contributed by atoms with Crippen LogP contribution in [0.5, 0.6) is 0 Å². The topological polar surface area (TPSA) is 101 Å². The van der Waals surface area contributed by atoms with E-state index >= 15 is 0 Å². The van der Waals surface area contributed by atoms with Crippen molar-refractivity contribution in [2.75, 3.05) is 0 Å². The zero-order chi connectivity index (χ0) is 27.4. The van der Waals surface area contributed by atoms with Gasteiger partial charge in [-0.3, -0.25) is 24.2 Å². The highest BCUT2D eigenvalue weighted by molar-refractivity contribution is 6.30. The number of benzene rings is 2. The van der Waals surface area contributed by atoms with Crippen LogP contribution in [0.3, 0.4) is 0 Å². The molecule has 1 fully saturated rings. The standard InChI is InChI=1S/C30H31ClN4O4/c1-19(36)33-25-11-4-5-12-26(25)35-28(20-13-15-21(31)16-14-20)27(23-9-2-3-10-24(23)30(35)38)29(37)34-39-18-22-8-6-7-17-32-22/h2-3,6-10,13-17,25-28H,4-5,11-12,18H2,1H3,(H,33,36)(H,34,37)/t25-,26-,27+,28-/m0/s1. The molecule has 1 aliphatic carbocycles. The van der Waals surface area contributed by atoms with Gasteiger partial charge in [-0.2, -0.15) is 0 Å².